The van der Waals surface area contributed by atoms with Gasteiger partial charge in [-0.1, -0.05) is 0 Å². The number of carbonyl (C=O) groups is 1. The highest BCUT2D eigenvalue weighted by atomic mass is 19.1. The van der Waals surface area contributed by atoms with Crippen molar-refractivity contribution in [3.63, 3.8) is 0 Å². The predicted molar refractivity (Wildman–Crippen MR) is 80.4 cm³/mol. The minimum Gasteiger partial charge on any atom is -0.356 e. The zero-order chi connectivity index (χ0) is 15.5. The lowest BCUT2D eigenvalue weighted by atomic mass is 10.1. The summed E-state index contributed by atoms with van der Waals surface area (Å²) in [6.45, 7) is 7.18. The van der Waals surface area contributed by atoms with E-state index in [0.717, 1.165) is 6.42 Å². The largest absolute Gasteiger partial charge is 0.356 e. The van der Waals surface area contributed by atoms with E-state index in [2.05, 4.69) is 20.9 Å². The number of aromatic nitrogens is 1. The highest BCUT2D eigenvalue weighted by Gasteiger charge is 2.23. The first-order chi connectivity index (χ1) is 9.87. The van der Waals surface area contributed by atoms with E-state index in [4.69, 9.17) is 0 Å². The SMILES string of the molecule is CC(C)(C)NCc1ccnc(NC2CCCNC2=O)c1F. The van der Waals surface area contributed by atoms with Gasteiger partial charge in [-0.3, -0.25) is 4.79 Å². The molecule has 1 aliphatic rings. The minimum atomic E-state index is -0.411. The maximum atomic E-state index is 14.4. The molecule has 21 heavy (non-hydrogen) atoms. The summed E-state index contributed by atoms with van der Waals surface area (Å²) in [5, 5.41) is 8.92. The Morgan fingerprint density at radius 2 is 2.24 bits per heavy atom. The van der Waals surface area contributed by atoms with Crippen molar-refractivity contribution >= 4 is 11.7 Å². The number of carbonyl (C=O) groups excluding carboxylic acids is 1. The average Bonchev–Trinajstić information content (AvgIpc) is 2.41. The zero-order valence-corrected chi connectivity index (χ0v) is 12.8. The molecule has 116 valence electrons. The summed E-state index contributed by atoms with van der Waals surface area (Å²) in [6, 6.07) is 1.24. The molecule has 0 saturated carbocycles. The molecule has 0 bridgehead atoms. The van der Waals surface area contributed by atoms with Gasteiger partial charge in [0.1, 0.15) is 6.04 Å². The smallest absolute Gasteiger partial charge is 0.242 e. The standard InChI is InChI=1S/C15H23FN4O/c1-15(2,3)19-9-10-6-8-17-13(12(10)16)20-11-5-4-7-18-14(11)21/h6,8,11,19H,4-5,7,9H2,1-3H3,(H,17,20)(H,18,21). The number of anilines is 1. The Morgan fingerprint density at radius 1 is 1.48 bits per heavy atom. The van der Waals surface area contributed by atoms with Crippen LogP contribution < -0.4 is 16.0 Å². The Morgan fingerprint density at radius 3 is 2.90 bits per heavy atom. The lowest BCUT2D eigenvalue weighted by Crippen LogP contribution is -2.44. The van der Waals surface area contributed by atoms with E-state index in [-0.39, 0.29) is 17.3 Å². The van der Waals surface area contributed by atoms with Gasteiger partial charge in [-0.05, 0) is 39.7 Å². The fraction of sp³-hybridized carbons (Fsp3) is 0.600. The third kappa shape index (κ3) is 4.39. The quantitative estimate of drug-likeness (QED) is 0.792. The molecule has 0 radical (unpaired) electrons. The van der Waals surface area contributed by atoms with Crippen LogP contribution in [0, 0.1) is 5.82 Å². The second-order valence-corrected chi connectivity index (χ2v) is 6.37. The molecule has 1 fully saturated rings. The van der Waals surface area contributed by atoms with E-state index >= 15 is 0 Å². The maximum Gasteiger partial charge on any atom is 0.242 e. The van der Waals surface area contributed by atoms with Gasteiger partial charge in [0.2, 0.25) is 5.91 Å². The lowest BCUT2D eigenvalue weighted by molar-refractivity contribution is -0.123. The summed E-state index contributed by atoms with van der Waals surface area (Å²) in [7, 11) is 0. The van der Waals surface area contributed by atoms with Gasteiger partial charge in [-0.25, -0.2) is 9.37 Å². The van der Waals surface area contributed by atoms with Crippen molar-refractivity contribution in [3.05, 3.63) is 23.6 Å². The third-order valence-electron chi connectivity index (χ3n) is 3.37. The molecule has 1 unspecified atom stereocenters. The topological polar surface area (TPSA) is 66.1 Å². The van der Waals surface area contributed by atoms with Crippen LogP contribution in [0.2, 0.25) is 0 Å². The number of nitrogens with zero attached hydrogens (tertiary/aromatic N) is 1. The van der Waals surface area contributed by atoms with Gasteiger partial charge in [-0.2, -0.15) is 0 Å². The van der Waals surface area contributed by atoms with Crippen LogP contribution in [0.4, 0.5) is 10.2 Å². The molecule has 1 aromatic heterocycles. The molecular weight excluding hydrogens is 271 g/mol. The van der Waals surface area contributed by atoms with Crippen molar-refractivity contribution in [3.8, 4) is 0 Å². The van der Waals surface area contributed by atoms with E-state index in [1.807, 2.05) is 20.8 Å². The van der Waals surface area contributed by atoms with Gasteiger partial charge >= 0.3 is 0 Å². The van der Waals surface area contributed by atoms with Gasteiger partial charge in [0.15, 0.2) is 11.6 Å². The highest BCUT2D eigenvalue weighted by molar-refractivity contribution is 5.85. The van der Waals surface area contributed by atoms with E-state index in [0.29, 0.717) is 25.1 Å². The molecule has 2 rings (SSSR count). The summed E-state index contributed by atoms with van der Waals surface area (Å²) >= 11 is 0. The van der Waals surface area contributed by atoms with Crippen LogP contribution in [0.15, 0.2) is 12.3 Å². The van der Waals surface area contributed by atoms with Crippen molar-refractivity contribution in [2.75, 3.05) is 11.9 Å². The van der Waals surface area contributed by atoms with Crippen LogP contribution in [0.3, 0.4) is 0 Å². The number of rotatable bonds is 4. The van der Waals surface area contributed by atoms with Gasteiger partial charge in [0.05, 0.1) is 0 Å². The predicted octanol–water partition coefficient (Wildman–Crippen LogP) is 1.80. The molecule has 0 aromatic carbocycles. The van der Waals surface area contributed by atoms with Crippen LogP contribution >= 0.6 is 0 Å². The van der Waals surface area contributed by atoms with Crippen molar-refractivity contribution in [1.29, 1.82) is 0 Å². The molecule has 1 aromatic rings. The second-order valence-electron chi connectivity index (χ2n) is 6.37. The van der Waals surface area contributed by atoms with Crippen LogP contribution in [0.25, 0.3) is 0 Å². The van der Waals surface area contributed by atoms with Gasteiger partial charge in [0, 0.05) is 30.4 Å². The molecule has 2 heterocycles. The molecule has 1 amide bonds. The maximum absolute atomic E-state index is 14.4. The van der Waals surface area contributed by atoms with Gasteiger partial charge in [-0.15, -0.1) is 0 Å². The fourth-order valence-electron chi connectivity index (χ4n) is 2.16. The van der Waals surface area contributed by atoms with E-state index in [9.17, 15) is 9.18 Å². The van der Waals surface area contributed by atoms with Crippen molar-refractivity contribution in [1.82, 2.24) is 15.6 Å². The first-order valence-corrected chi connectivity index (χ1v) is 7.29. The number of hydrogen-bond donors (Lipinski definition) is 3. The Kier molecular flexibility index (Phi) is 4.77. The Bertz CT molecular complexity index is 513. The summed E-state index contributed by atoms with van der Waals surface area (Å²) in [5.74, 6) is -0.349. The number of hydrogen-bond acceptors (Lipinski definition) is 4. The fourth-order valence-corrected chi connectivity index (χ4v) is 2.16. The van der Waals surface area contributed by atoms with Crippen LogP contribution in [0.5, 0.6) is 0 Å². The third-order valence-corrected chi connectivity index (χ3v) is 3.37. The Labute approximate surface area is 124 Å². The van der Waals surface area contributed by atoms with Crippen molar-refractivity contribution in [2.24, 2.45) is 0 Å². The molecule has 1 saturated heterocycles. The summed E-state index contributed by atoms with van der Waals surface area (Å²) in [4.78, 5) is 15.7. The highest BCUT2D eigenvalue weighted by Crippen LogP contribution is 2.18. The molecule has 3 N–H and O–H groups in total. The van der Waals surface area contributed by atoms with Gasteiger partial charge in [0.25, 0.3) is 0 Å². The molecule has 5 nitrogen and oxygen atoms in total. The van der Waals surface area contributed by atoms with Crippen LogP contribution in [-0.2, 0) is 11.3 Å². The molecule has 6 heteroatoms. The van der Waals surface area contributed by atoms with Gasteiger partial charge < -0.3 is 16.0 Å². The monoisotopic (exact) mass is 294 g/mol. The molecule has 1 aliphatic heterocycles. The first-order valence-electron chi connectivity index (χ1n) is 7.29. The van der Waals surface area contributed by atoms with Crippen molar-refractivity contribution in [2.45, 2.75) is 51.7 Å². The number of nitrogens with one attached hydrogen (secondary N) is 3. The van der Waals surface area contributed by atoms with E-state index in [1.165, 1.54) is 0 Å². The molecule has 0 aliphatic carbocycles. The first kappa shape index (κ1) is 15.7. The number of piperidine rings is 1. The minimum absolute atomic E-state index is 0.0907. The molecule has 1 atom stereocenters. The lowest BCUT2D eigenvalue weighted by Gasteiger charge is -2.24. The number of pyridine rings is 1. The Balaban J connectivity index is 2.08. The molecular formula is C15H23FN4O. The van der Waals surface area contributed by atoms with Crippen molar-refractivity contribution < 1.29 is 9.18 Å². The van der Waals surface area contributed by atoms with Crippen LogP contribution in [-0.4, -0.2) is 29.0 Å². The number of amides is 1. The average molecular weight is 294 g/mol. The molecule has 0 spiro atoms. The van der Waals surface area contributed by atoms with E-state index < -0.39 is 11.9 Å². The van der Waals surface area contributed by atoms with Crippen LogP contribution in [0.1, 0.15) is 39.2 Å². The Hall–Kier alpha value is -1.69. The number of halogens is 1. The van der Waals surface area contributed by atoms with E-state index in [1.54, 1.807) is 12.3 Å². The zero-order valence-electron chi connectivity index (χ0n) is 12.8. The summed E-state index contributed by atoms with van der Waals surface area (Å²) in [5.41, 5.74) is 0.450. The summed E-state index contributed by atoms with van der Waals surface area (Å²) < 4.78 is 14.4. The second kappa shape index (κ2) is 6.39. The normalized spacial score (nSPS) is 19.2. The summed E-state index contributed by atoms with van der Waals surface area (Å²) in [6.07, 6.45) is 3.14.